The molecule has 0 unspecified atom stereocenters. The van der Waals surface area contributed by atoms with Gasteiger partial charge < -0.3 is 19.5 Å². The normalized spacial score (nSPS) is 16.9. The smallest absolute Gasteiger partial charge is 0.430 e. The zero-order chi connectivity index (χ0) is 24.8. The van der Waals surface area contributed by atoms with Crippen LogP contribution in [0.4, 0.5) is 13.2 Å². The van der Waals surface area contributed by atoms with Crippen molar-refractivity contribution in [2.45, 2.75) is 50.1 Å². The van der Waals surface area contributed by atoms with E-state index in [1.165, 1.54) is 6.42 Å². The summed E-state index contributed by atoms with van der Waals surface area (Å²) in [5.74, 6) is -4.03. The number of hydrogen-bond donors (Lipinski definition) is 1. The summed E-state index contributed by atoms with van der Waals surface area (Å²) in [7, 11) is 0.506. The topological polar surface area (TPSA) is 112 Å². The van der Waals surface area contributed by atoms with E-state index in [1.54, 1.807) is 12.1 Å². The molecule has 1 aromatic rings. The Morgan fingerprint density at radius 3 is 2.00 bits per heavy atom. The minimum atomic E-state index is -5.19. The molecule has 0 amide bonds. The monoisotopic (exact) mass is 481 g/mol. The van der Waals surface area contributed by atoms with Crippen LogP contribution >= 0.6 is 0 Å². The van der Waals surface area contributed by atoms with Gasteiger partial charge in [0.2, 0.25) is 0 Å². The van der Waals surface area contributed by atoms with Gasteiger partial charge in [0.1, 0.15) is 5.97 Å². The fraction of sp³-hybridized carbons (Fsp3) is 0.619. The molecule has 0 saturated carbocycles. The number of likely N-dealkylation sites (tertiary alicyclic amines) is 1. The summed E-state index contributed by atoms with van der Waals surface area (Å²) in [5, 5.41) is 18.0. The van der Waals surface area contributed by atoms with Crippen molar-refractivity contribution in [2.24, 2.45) is 5.41 Å². The van der Waals surface area contributed by atoms with E-state index < -0.39 is 33.4 Å². The molecule has 1 aliphatic rings. The van der Waals surface area contributed by atoms with Crippen molar-refractivity contribution in [3.05, 3.63) is 29.8 Å². The number of halogens is 3. The molecule has 0 atom stereocenters. The van der Waals surface area contributed by atoms with Crippen LogP contribution in [0.1, 0.15) is 38.2 Å². The number of aliphatic carboxylic acids is 2. The van der Waals surface area contributed by atoms with Gasteiger partial charge in [-0.3, -0.25) is 4.79 Å². The minimum Gasteiger partial charge on any atom is -0.542 e. The molecule has 1 aromatic carbocycles. The molecule has 1 aliphatic heterocycles. The van der Waals surface area contributed by atoms with Crippen molar-refractivity contribution >= 4 is 21.8 Å². The Labute approximate surface area is 186 Å². The first-order chi connectivity index (χ1) is 14.5. The third kappa shape index (κ3) is 8.78. The zero-order valence-corrected chi connectivity index (χ0v) is 19.3. The maximum atomic E-state index is 12.8. The standard InChI is InChI=1S/C19H29NO4S.C2HF3O2/c1-4-5-6-7-16-8-10-17(11-9-16)25(23,24)15-19(12-18(21)22)13-20(2,3)14-19;3-2(4,5)1(6)7/h8-11H,4-7,12-15H2,1-3H3;(H,6,7). The first-order valence-electron chi connectivity index (χ1n) is 10.2. The van der Waals surface area contributed by atoms with Crippen molar-refractivity contribution in [1.82, 2.24) is 0 Å². The number of rotatable bonds is 9. The highest BCUT2D eigenvalue weighted by Gasteiger charge is 2.55. The number of alkyl halides is 3. The van der Waals surface area contributed by atoms with Gasteiger partial charge in [0.15, 0.2) is 9.84 Å². The van der Waals surface area contributed by atoms with E-state index in [1.807, 2.05) is 26.2 Å². The number of hydrogen-bond acceptors (Lipinski definition) is 5. The summed E-state index contributed by atoms with van der Waals surface area (Å²) in [6.07, 6.45) is -0.887. The van der Waals surface area contributed by atoms with Gasteiger partial charge in [-0.25, -0.2) is 8.42 Å². The third-order valence-electron chi connectivity index (χ3n) is 5.13. The lowest BCUT2D eigenvalue weighted by molar-refractivity contribution is -0.948. The molecular weight excluding hydrogens is 451 g/mol. The van der Waals surface area contributed by atoms with E-state index in [4.69, 9.17) is 9.90 Å². The lowest BCUT2D eigenvalue weighted by Gasteiger charge is -2.52. The summed E-state index contributed by atoms with van der Waals surface area (Å²) >= 11 is 0. The first kappa shape index (κ1) is 27.9. The summed E-state index contributed by atoms with van der Waals surface area (Å²) in [6.45, 7) is 3.31. The van der Waals surface area contributed by atoms with Crippen LogP contribution < -0.4 is 5.11 Å². The Kier molecular flexibility index (Phi) is 9.28. The van der Waals surface area contributed by atoms with Crippen molar-refractivity contribution in [3.63, 3.8) is 0 Å². The Balaban J connectivity index is 0.000000633. The molecule has 0 spiro atoms. The highest BCUT2D eigenvalue weighted by Crippen LogP contribution is 2.40. The number of carbonyl (C=O) groups is 2. The molecule has 1 fully saturated rings. The van der Waals surface area contributed by atoms with Gasteiger partial charge in [0, 0.05) is 0 Å². The average Bonchev–Trinajstić information content (AvgIpc) is 2.59. The molecule has 0 bridgehead atoms. The molecule has 1 heterocycles. The highest BCUT2D eigenvalue weighted by atomic mass is 32.2. The molecule has 182 valence electrons. The summed E-state index contributed by atoms with van der Waals surface area (Å²) in [6, 6.07) is 7.11. The molecule has 0 aliphatic carbocycles. The summed E-state index contributed by atoms with van der Waals surface area (Å²) in [5.41, 5.74) is 0.489. The van der Waals surface area contributed by atoms with Gasteiger partial charge in [0.05, 0.1) is 49.7 Å². The fourth-order valence-corrected chi connectivity index (χ4v) is 6.08. The van der Waals surface area contributed by atoms with Crippen LogP contribution in [0.2, 0.25) is 0 Å². The van der Waals surface area contributed by atoms with Crippen LogP contribution in [-0.4, -0.2) is 69.1 Å². The van der Waals surface area contributed by atoms with Gasteiger partial charge in [-0.2, -0.15) is 13.2 Å². The predicted molar refractivity (Wildman–Crippen MR) is 109 cm³/mol. The summed E-state index contributed by atoms with van der Waals surface area (Å²) < 4.78 is 57.8. The highest BCUT2D eigenvalue weighted by molar-refractivity contribution is 7.91. The molecule has 32 heavy (non-hydrogen) atoms. The van der Waals surface area contributed by atoms with Crippen LogP contribution in [0.25, 0.3) is 0 Å². The summed E-state index contributed by atoms with van der Waals surface area (Å²) in [4.78, 5) is 20.3. The maximum Gasteiger partial charge on any atom is 0.430 e. The lowest BCUT2D eigenvalue weighted by atomic mass is 9.77. The van der Waals surface area contributed by atoms with Crippen molar-refractivity contribution in [2.75, 3.05) is 32.9 Å². The number of benzene rings is 1. The fourth-order valence-electron chi connectivity index (χ4n) is 4.27. The van der Waals surface area contributed by atoms with Crippen LogP contribution in [0, 0.1) is 5.41 Å². The largest absolute Gasteiger partial charge is 0.542 e. The van der Waals surface area contributed by atoms with Crippen LogP contribution in [0.5, 0.6) is 0 Å². The average molecular weight is 482 g/mol. The molecule has 11 heteroatoms. The Morgan fingerprint density at radius 2 is 1.62 bits per heavy atom. The lowest BCUT2D eigenvalue weighted by Crippen LogP contribution is -2.68. The van der Waals surface area contributed by atoms with Crippen molar-refractivity contribution < 1.29 is 45.9 Å². The molecule has 2 rings (SSSR count). The number of carboxylic acids is 2. The van der Waals surface area contributed by atoms with E-state index >= 15 is 0 Å². The molecule has 1 N–H and O–H groups in total. The van der Waals surface area contributed by atoms with Gasteiger partial charge in [-0.1, -0.05) is 31.9 Å². The van der Waals surface area contributed by atoms with Gasteiger partial charge in [0.25, 0.3) is 0 Å². The van der Waals surface area contributed by atoms with E-state index in [0.717, 1.165) is 24.8 Å². The number of carboxylic acid groups (broad SMARTS) is 2. The number of quaternary nitrogens is 1. The van der Waals surface area contributed by atoms with Gasteiger partial charge in [-0.05, 0) is 30.5 Å². The van der Waals surface area contributed by atoms with Crippen LogP contribution in [-0.2, 0) is 25.8 Å². The Morgan fingerprint density at radius 1 is 1.12 bits per heavy atom. The zero-order valence-electron chi connectivity index (χ0n) is 18.4. The molecule has 0 aromatic heterocycles. The predicted octanol–water partition coefficient (Wildman–Crippen LogP) is 2.04. The quantitative estimate of drug-likeness (QED) is 0.427. The van der Waals surface area contributed by atoms with Crippen LogP contribution in [0.3, 0.4) is 0 Å². The molecule has 7 nitrogen and oxygen atoms in total. The van der Waals surface area contributed by atoms with E-state index in [2.05, 4.69) is 6.92 Å². The first-order valence-corrected chi connectivity index (χ1v) is 11.8. The number of aryl methyl sites for hydroxylation is 1. The number of unbranched alkanes of at least 4 members (excludes halogenated alkanes) is 2. The minimum absolute atomic E-state index is 0.0941. The molecular formula is C21H30F3NO6S. The Hall–Kier alpha value is -2.14. The maximum absolute atomic E-state index is 12.8. The third-order valence-corrected chi connectivity index (χ3v) is 7.12. The van der Waals surface area contributed by atoms with Crippen molar-refractivity contribution in [1.29, 1.82) is 0 Å². The van der Waals surface area contributed by atoms with Crippen LogP contribution in [0.15, 0.2) is 29.2 Å². The van der Waals surface area contributed by atoms with Gasteiger partial charge >= 0.3 is 12.1 Å². The SMILES string of the molecule is CCCCCc1ccc(S(=O)(=O)CC2(CC(=O)O)C[N+](C)(C)C2)cc1.O=C([O-])C(F)(F)F. The van der Waals surface area contributed by atoms with Crippen molar-refractivity contribution in [3.8, 4) is 0 Å². The second-order valence-electron chi connectivity index (χ2n) is 8.97. The number of carbonyl (C=O) groups excluding carboxylic acids is 1. The molecule has 1 saturated heterocycles. The number of sulfone groups is 1. The second-order valence-corrected chi connectivity index (χ2v) is 11.0. The second kappa shape index (κ2) is 10.7. The number of nitrogens with zero attached hydrogens (tertiary/aromatic N) is 1. The van der Waals surface area contributed by atoms with Gasteiger partial charge in [-0.15, -0.1) is 0 Å². The Bertz CT molecular complexity index is 887. The van der Waals surface area contributed by atoms with E-state index in [9.17, 15) is 31.5 Å². The molecule has 0 radical (unpaired) electrons. The van der Waals surface area contributed by atoms with E-state index in [-0.39, 0.29) is 12.2 Å². The van der Waals surface area contributed by atoms with E-state index in [0.29, 0.717) is 22.5 Å².